The van der Waals surface area contributed by atoms with Crippen molar-refractivity contribution in [3.05, 3.63) is 29.3 Å². The molecule has 0 aromatic heterocycles. The molecule has 0 radical (unpaired) electrons. The minimum absolute atomic E-state index is 0.0560. The Bertz CT molecular complexity index is 709. The highest BCUT2D eigenvalue weighted by Gasteiger charge is 2.31. The minimum atomic E-state index is -3.71. The Labute approximate surface area is 137 Å². The van der Waals surface area contributed by atoms with Crippen LogP contribution in [0.5, 0.6) is 0 Å². The summed E-state index contributed by atoms with van der Waals surface area (Å²) in [5.74, 6) is 0.753. The first-order chi connectivity index (χ1) is 10.9. The van der Waals surface area contributed by atoms with Gasteiger partial charge in [0.2, 0.25) is 15.9 Å². The van der Waals surface area contributed by atoms with Gasteiger partial charge in [-0.05, 0) is 48.4 Å². The highest BCUT2D eigenvalue weighted by molar-refractivity contribution is 7.89. The smallest absolute Gasteiger partial charge is 0.238 e. The first kappa shape index (κ1) is 16.5. The van der Waals surface area contributed by atoms with E-state index in [4.69, 9.17) is 5.14 Å². The molecular weight excluding hydrogens is 312 g/mol. The summed E-state index contributed by atoms with van der Waals surface area (Å²) in [5, 5.41) is 5.21. The second-order valence-corrected chi connectivity index (χ2v) is 8.38. The maximum absolute atomic E-state index is 12.8. The van der Waals surface area contributed by atoms with Crippen molar-refractivity contribution in [3.8, 4) is 0 Å². The molecule has 1 aliphatic heterocycles. The van der Waals surface area contributed by atoms with E-state index in [1.54, 1.807) is 12.1 Å². The summed E-state index contributed by atoms with van der Waals surface area (Å²) in [4.78, 5) is 14.8. The molecular formula is C17H24N2O3S. The Morgan fingerprint density at radius 1 is 1.26 bits per heavy atom. The second-order valence-electron chi connectivity index (χ2n) is 6.82. The largest absolute Gasteiger partial charge is 0.338 e. The Balaban J connectivity index is 1.77. The van der Waals surface area contributed by atoms with Gasteiger partial charge in [-0.25, -0.2) is 13.6 Å². The van der Waals surface area contributed by atoms with Gasteiger partial charge in [0.15, 0.2) is 0 Å². The van der Waals surface area contributed by atoms with Crippen molar-refractivity contribution in [2.75, 3.05) is 6.54 Å². The van der Waals surface area contributed by atoms with Gasteiger partial charge in [0, 0.05) is 19.0 Å². The number of sulfonamides is 1. The van der Waals surface area contributed by atoms with Gasteiger partial charge in [-0.1, -0.05) is 25.8 Å². The monoisotopic (exact) mass is 336 g/mol. The SMILES string of the molecule is CC(C(=O)N1CCc2ccc(S(N)(=O)=O)cc2C1)C1CCCC1. The molecule has 1 saturated carbocycles. The zero-order valence-corrected chi connectivity index (χ0v) is 14.3. The fraction of sp³-hybridized carbons (Fsp3) is 0.588. The molecule has 0 spiro atoms. The number of benzene rings is 1. The van der Waals surface area contributed by atoms with Crippen LogP contribution in [0.4, 0.5) is 0 Å². The maximum atomic E-state index is 12.8. The molecule has 6 heteroatoms. The van der Waals surface area contributed by atoms with Crippen molar-refractivity contribution >= 4 is 15.9 Å². The zero-order chi connectivity index (χ0) is 16.6. The standard InChI is InChI=1S/C17H24N2O3S/c1-12(13-4-2-3-5-13)17(20)19-9-8-14-6-7-16(23(18,21)22)10-15(14)11-19/h6-7,10,12-13H,2-5,8-9,11H2,1H3,(H2,18,21,22). The van der Waals surface area contributed by atoms with Gasteiger partial charge < -0.3 is 4.90 Å². The first-order valence-electron chi connectivity index (χ1n) is 8.29. The molecule has 0 saturated heterocycles. The summed E-state index contributed by atoms with van der Waals surface area (Å²) >= 11 is 0. The quantitative estimate of drug-likeness (QED) is 0.917. The number of rotatable bonds is 3. The summed E-state index contributed by atoms with van der Waals surface area (Å²) in [6, 6.07) is 4.98. The van der Waals surface area contributed by atoms with Crippen LogP contribution in [0.15, 0.2) is 23.1 Å². The molecule has 5 nitrogen and oxygen atoms in total. The highest BCUT2D eigenvalue weighted by Crippen LogP contribution is 2.33. The predicted molar refractivity (Wildman–Crippen MR) is 88.1 cm³/mol. The molecule has 1 amide bonds. The molecule has 2 N–H and O–H groups in total. The van der Waals surface area contributed by atoms with Crippen molar-refractivity contribution in [2.45, 2.75) is 50.5 Å². The number of hydrogen-bond acceptors (Lipinski definition) is 3. The van der Waals surface area contributed by atoms with Gasteiger partial charge in [-0.2, -0.15) is 0 Å². The van der Waals surface area contributed by atoms with Gasteiger partial charge in [-0.15, -0.1) is 0 Å². The summed E-state index contributed by atoms with van der Waals surface area (Å²) in [6.07, 6.45) is 5.51. The van der Waals surface area contributed by atoms with E-state index in [9.17, 15) is 13.2 Å². The summed E-state index contributed by atoms with van der Waals surface area (Å²) in [5.41, 5.74) is 2.00. The Morgan fingerprint density at radius 3 is 2.61 bits per heavy atom. The van der Waals surface area contributed by atoms with E-state index in [-0.39, 0.29) is 16.7 Å². The molecule has 1 unspecified atom stereocenters. The summed E-state index contributed by atoms with van der Waals surface area (Å²) in [6.45, 7) is 3.22. The van der Waals surface area contributed by atoms with Crippen LogP contribution in [0.25, 0.3) is 0 Å². The van der Waals surface area contributed by atoms with Crippen molar-refractivity contribution in [1.29, 1.82) is 0 Å². The third kappa shape index (κ3) is 3.43. The van der Waals surface area contributed by atoms with Gasteiger partial charge in [-0.3, -0.25) is 4.79 Å². The molecule has 0 bridgehead atoms. The number of hydrogen-bond donors (Lipinski definition) is 1. The molecule has 1 aromatic carbocycles. The number of amides is 1. The van der Waals surface area contributed by atoms with E-state index in [0.29, 0.717) is 19.0 Å². The van der Waals surface area contributed by atoms with Crippen LogP contribution in [0.1, 0.15) is 43.7 Å². The third-order valence-corrected chi connectivity index (χ3v) is 6.24. The van der Waals surface area contributed by atoms with Crippen LogP contribution in [0.2, 0.25) is 0 Å². The molecule has 126 valence electrons. The van der Waals surface area contributed by atoms with Crippen LogP contribution in [-0.2, 0) is 27.8 Å². The Hall–Kier alpha value is -1.40. The first-order valence-corrected chi connectivity index (χ1v) is 9.84. The number of carbonyl (C=O) groups is 1. The lowest BCUT2D eigenvalue weighted by molar-refractivity contribution is -0.137. The van der Waals surface area contributed by atoms with Crippen LogP contribution in [-0.4, -0.2) is 25.8 Å². The lowest BCUT2D eigenvalue weighted by Crippen LogP contribution is -2.40. The fourth-order valence-corrected chi connectivity index (χ4v) is 4.41. The van der Waals surface area contributed by atoms with Crippen LogP contribution in [0.3, 0.4) is 0 Å². The lowest BCUT2D eigenvalue weighted by atomic mass is 9.90. The van der Waals surface area contributed by atoms with Crippen molar-refractivity contribution in [2.24, 2.45) is 17.0 Å². The average Bonchev–Trinajstić information content (AvgIpc) is 3.06. The van der Waals surface area contributed by atoms with E-state index in [1.807, 2.05) is 17.9 Å². The molecule has 1 atom stereocenters. The molecule has 1 aromatic rings. The number of fused-ring (bicyclic) bond motifs is 1. The van der Waals surface area contributed by atoms with Gasteiger partial charge in [0.1, 0.15) is 0 Å². The van der Waals surface area contributed by atoms with Gasteiger partial charge >= 0.3 is 0 Å². The van der Waals surface area contributed by atoms with Crippen LogP contribution < -0.4 is 5.14 Å². The average molecular weight is 336 g/mol. The van der Waals surface area contributed by atoms with Crippen LogP contribution in [0, 0.1) is 11.8 Å². The van der Waals surface area contributed by atoms with E-state index in [1.165, 1.54) is 12.8 Å². The minimum Gasteiger partial charge on any atom is -0.338 e. The Morgan fingerprint density at radius 2 is 1.96 bits per heavy atom. The number of carbonyl (C=O) groups excluding carboxylic acids is 1. The lowest BCUT2D eigenvalue weighted by Gasteiger charge is -2.32. The predicted octanol–water partition coefficient (Wildman–Crippen LogP) is 2.04. The fourth-order valence-electron chi connectivity index (χ4n) is 3.85. The second kappa shape index (κ2) is 6.24. The molecule has 1 aliphatic carbocycles. The van der Waals surface area contributed by atoms with Crippen molar-refractivity contribution in [3.63, 3.8) is 0 Å². The summed E-state index contributed by atoms with van der Waals surface area (Å²) in [7, 11) is -3.71. The van der Waals surface area contributed by atoms with Crippen LogP contribution >= 0.6 is 0 Å². The van der Waals surface area contributed by atoms with Gasteiger partial charge in [0.25, 0.3) is 0 Å². The zero-order valence-electron chi connectivity index (χ0n) is 13.5. The highest BCUT2D eigenvalue weighted by atomic mass is 32.2. The third-order valence-electron chi connectivity index (χ3n) is 5.33. The Kier molecular flexibility index (Phi) is 4.47. The molecule has 2 aliphatic rings. The van der Waals surface area contributed by atoms with Crippen molar-refractivity contribution in [1.82, 2.24) is 4.90 Å². The number of primary sulfonamides is 1. The molecule has 1 heterocycles. The normalized spacial score (nSPS) is 20.3. The van der Waals surface area contributed by atoms with Crippen molar-refractivity contribution < 1.29 is 13.2 Å². The van der Waals surface area contributed by atoms with E-state index in [0.717, 1.165) is 30.4 Å². The maximum Gasteiger partial charge on any atom is 0.238 e. The molecule has 3 rings (SSSR count). The topological polar surface area (TPSA) is 80.5 Å². The molecule has 23 heavy (non-hydrogen) atoms. The summed E-state index contributed by atoms with van der Waals surface area (Å²) < 4.78 is 23.0. The number of nitrogens with two attached hydrogens (primary N) is 1. The van der Waals surface area contributed by atoms with Gasteiger partial charge in [0.05, 0.1) is 4.90 Å². The van der Waals surface area contributed by atoms with E-state index < -0.39 is 10.0 Å². The van der Waals surface area contributed by atoms with E-state index >= 15 is 0 Å². The number of nitrogens with zero attached hydrogens (tertiary/aromatic N) is 1. The van der Waals surface area contributed by atoms with E-state index in [2.05, 4.69) is 0 Å². The molecule has 1 fully saturated rings.